The van der Waals surface area contributed by atoms with Gasteiger partial charge in [-0.15, -0.1) is 11.3 Å². The molecule has 4 nitrogen and oxygen atoms in total. The molecule has 0 saturated carbocycles. The molecule has 0 fully saturated rings. The summed E-state index contributed by atoms with van der Waals surface area (Å²) in [7, 11) is 0. The number of carboxylic acids is 1. The number of aryl methyl sites for hydroxylation is 1. The predicted molar refractivity (Wildman–Crippen MR) is 60.0 cm³/mol. The fourth-order valence-corrected chi connectivity index (χ4v) is 1.82. The summed E-state index contributed by atoms with van der Waals surface area (Å²) < 4.78 is 0. The van der Waals surface area contributed by atoms with Crippen molar-refractivity contribution in [3.63, 3.8) is 0 Å². The van der Waals surface area contributed by atoms with E-state index in [2.05, 4.69) is 10.3 Å². The van der Waals surface area contributed by atoms with Gasteiger partial charge in [0.25, 0.3) is 0 Å². The van der Waals surface area contributed by atoms with E-state index in [-0.39, 0.29) is 0 Å². The molecule has 84 valence electrons. The highest BCUT2D eigenvalue weighted by Crippen LogP contribution is 2.13. The minimum atomic E-state index is -0.862. The first-order chi connectivity index (χ1) is 6.98. The first kappa shape index (κ1) is 12.1. The molecule has 0 aliphatic carbocycles. The van der Waals surface area contributed by atoms with E-state index in [1.807, 2.05) is 19.2 Å². The Morgan fingerprint density at radius 3 is 2.80 bits per heavy atom. The molecule has 2 N–H and O–H groups in total. The first-order valence-corrected chi connectivity index (χ1v) is 5.75. The summed E-state index contributed by atoms with van der Waals surface area (Å²) in [4.78, 5) is 15.3. The summed E-state index contributed by atoms with van der Waals surface area (Å²) in [6, 6.07) is 0. The van der Waals surface area contributed by atoms with Crippen LogP contribution in [0.25, 0.3) is 0 Å². The van der Waals surface area contributed by atoms with Crippen LogP contribution in [0, 0.1) is 6.92 Å². The second kappa shape index (κ2) is 4.72. The van der Waals surface area contributed by atoms with Crippen molar-refractivity contribution in [1.82, 2.24) is 10.3 Å². The zero-order valence-corrected chi connectivity index (χ0v) is 10.0. The Bertz CT molecular complexity index is 351. The van der Waals surface area contributed by atoms with Gasteiger partial charge in [-0.25, -0.2) is 4.98 Å². The average Bonchev–Trinajstić information content (AvgIpc) is 2.60. The Labute approximate surface area is 93.4 Å². The maximum absolute atomic E-state index is 11.0. The fraction of sp³-hybridized carbons (Fsp3) is 0.600. The molecular weight excluding hydrogens is 212 g/mol. The van der Waals surface area contributed by atoms with Crippen LogP contribution >= 0.6 is 11.3 Å². The van der Waals surface area contributed by atoms with Crippen molar-refractivity contribution in [3.8, 4) is 0 Å². The second-order valence-corrected chi connectivity index (χ2v) is 4.67. The van der Waals surface area contributed by atoms with Gasteiger partial charge in [0.2, 0.25) is 0 Å². The summed E-state index contributed by atoms with van der Waals surface area (Å²) in [5, 5.41) is 14.9. The number of hydrogen-bond acceptors (Lipinski definition) is 4. The largest absolute Gasteiger partial charge is 0.480 e. The predicted octanol–water partition coefficient (Wildman–Crippen LogP) is 1.79. The van der Waals surface area contributed by atoms with Gasteiger partial charge < -0.3 is 5.11 Å². The van der Waals surface area contributed by atoms with Crippen molar-refractivity contribution in [2.45, 2.75) is 39.3 Å². The molecule has 0 aliphatic heterocycles. The van der Waals surface area contributed by atoms with Gasteiger partial charge in [-0.2, -0.15) is 0 Å². The highest BCUT2D eigenvalue weighted by atomic mass is 32.1. The zero-order chi connectivity index (χ0) is 11.5. The van der Waals surface area contributed by atoms with Crippen LogP contribution in [0.2, 0.25) is 0 Å². The Balaban J connectivity index is 2.59. The van der Waals surface area contributed by atoms with Crippen LogP contribution in [0.1, 0.15) is 31.0 Å². The van der Waals surface area contributed by atoms with E-state index < -0.39 is 11.5 Å². The highest BCUT2D eigenvalue weighted by molar-refractivity contribution is 7.09. The summed E-state index contributed by atoms with van der Waals surface area (Å²) in [6.07, 6.45) is 0.548. The molecule has 1 aromatic heterocycles. The van der Waals surface area contributed by atoms with Gasteiger partial charge >= 0.3 is 5.97 Å². The maximum atomic E-state index is 11.0. The number of hydrogen-bond donors (Lipinski definition) is 2. The number of carbonyl (C=O) groups is 1. The third kappa shape index (κ3) is 3.00. The van der Waals surface area contributed by atoms with E-state index in [9.17, 15) is 4.79 Å². The van der Waals surface area contributed by atoms with Crippen LogP contribution < -0.4 is 5.32 Å². The topological polar surface area (TPSA) is 62.2 Å². The molecule has 5 heteroatoms. The molecule has 15 heavy (non-hydrogen) atoms. The van der Waals surface area contributed by atoms with Gasteiger partial charge in [-0.05, 0) is 20.3 Å². The number of aromatic nitrogens is 1. The minimum absolute atomic E-state index is 0.509. The molecule has 1 aromatic rings. The normalized spacial score (nSPS) is 14.9. The molecule has 0 spiro atoms. The lowest BCUT2D eigenvalue weighted by Crippen LogP contribution is -2.48. The first-order valence-electron chi connectivity index (χ1n) is 4.87. The monoisotopic (exact) mass is 228 g/mol. The number of rotatable bonds is 5. The Kier molecular flexibility index (Phi) is 3.82. The van der Waals surface area contributed by atoms with Gasteiger partial charge in [0.1, 0.15) is 10.5 Å². The lowest BCUT2D eigenvalue weighted by molar-refractivity contribution is -0.144. The zero-order valence-electron chi connectivity index (χ0n) is 9.20. The molecule has 0 bridgehead atoms. The third-order valence-corrected chi connectivity index (χ3v) is 3.44. The molecule has 0 radical (unpaired) electrons. The van der Waals surface area contributed by atoms with Crippen molar-refractivity contribution >= 4 is 17.3 Å². The standard InChI is InChI=1S/C10H16N2O2S/c1-4-10(3,9(13)14)11-5-8-12-7(2)6-15-8/h6,11H,4-5H2,1-3H3,(H,13,14). The van der Waals surface area contributed by atoms with Crippen LogP contribution in [0.5, 0.6) is 0 Å². The van der Waals surface area contributed by atoms with Gasteiger partial charge in [0.15, 0.2) is 0 Å². The van der Waals surface area contributed by atoms with Gasteiger partial charge in [-0.1, -0.05) is 6.92 Å². The van der Waals surface area contributed by atoms with Crippen molar-refractivity contribution in [3.05, 3.63) is 16.1 Å². The third-order valence-electron chi connectivity index (χ3n) is 2.48. The van der Waals surface area contributed by atoms with E-state index in [4.69, 9.17) is 5.11 Å². The van der Waals surface area contributed by atoms with Crippen LogP contribution in [0.4, 0.5) is 0 Å². The van der Waals surface area contributed by atoms with E-state index >= 15 is 0 Å². The number of aliphatic carboxylic acids is 1. The smallest absolute Gasteiger partial charge is 0.323 e. The molecule has 0 saturated heterocycles. The summed E-state index contributed by atoms with van der Waals surface area (Å²) in [5.41, 5.74) is 0.116. The molecule has 1 rings (SSSR count). The van der Waals surface area contributed by atoms with Crippen LogP contribution in [-0.4, -0.2) is 21.6 Å². The minimum Gasteiger partial charge on any atom is -0.480 e. The fourth-order valence-electron chi connectivity index (χ4n) is 1.11. The maximum Gasteiger partial charge on any atom is 0.323 e. The lowest BCUT2D eigenvalue weighted by Gasteiger charge is -2.23. The van der Waals surface area contributed by atoms with Crippen LogP contribution in [0.3, 0.4) is 0 Å². The number of nitrogens with zero attached hydrogens (tertiary/aromatic N) is 1. The number of carboxylic acid groups (broad SMARTS) is 1. The Morgan fingerprint density at radius 1 is 1.73 bits per heavy atom. The van der Waals surface area contributed by atoms with Crippen molar-refractivity contribution in [2.75, 3.05) is 0 Å². The summed E-state index contributed by atoms with van der Waals surface area (Å²) >= 11 is 1.55. The van der Waals surface area contributed by atoms with E-state index in [0.717, 1.165) is 10.7 Å². The number of thiazole rings is 1. The number of nitrogens with one attached hydrogen (secondary N) is 1. The SMILES string of the molecule is CCC(C)(NCc1nc(C)cs1)C(=O)O. The molecule has 0 amide bonds. The van der Waals surface area contributed by atoms with Crippen LogP contribution in [-0.2, 0) is 11.3 Å². The Morgan fingerprint density at radius 2 is 2.40 bits per heavy atom. The average molecular weight is 228 g/mol. The molecular formula is C10H16N2O2S. The van der Waals surface area contributed by atoms with E-state index in [1.165, 1.54) is 0 Å². The van der Waals surface area contributed by atoms with Gasteiger partial charge in [0, 0.05) is 17.6 Å². The molecule has 0 aliphatic rings. The summed E-state index contributed by atoms with van der Waals surface area (Å²) in [5.74, 6) is -0.821. The van der Waals surface area contributed by atoms with Gasteiger partial charge in [0.05, 0.1) is 0 Å². The summed E-state index contributed by atoms with van der Waals surface area (Å²) in [6.45, 7) is 5.98. The van der Waals surface area contributed by atoms with Crippen molar-refractivity contribution in [1.29, 1.82) is 0 Å². The molecule has 0 aromatic carbocycles. The molecule has 1 atom stereocenters. The van der Waals surface area contributed by atoms with Gasteiger partial charge in [-0.3, -0.25) is 10.1 Å². The molecule has 1 heterocycles. The lowest BCUT2D eigenvalue weighted by atomic mass is 9.99. The van der Waals surface area contributed by atoms with Crippen LogP contribution in [0.15, 0.2) is 5.38 Å². The van der Waals surface area contributed by atoms with Crippen molar-refractivity contribution < 1.29 is 9.90 Å². The Hall–Kier alpha value is -0.940. The van der Waals surface area contributed by atoms with E-state index in [0.29, 0.717) is 13.0 Å². The molecule has 1 unspecified atom stereocenters. The highest BCUT2D eigenvalue weighted by Gasteiger charge is 2.30. The van der Waals surface area contributed by atoms with Crippen molar-refractivity contribution in [2.24, 2.45) is 0 Å². The second-order valence-electron chi connectivity index (χ2n) is 3.73. The van der Waals surface area contributed by atoms with E-state index in [1.54, 1.807) is 18.3 Å². The quantitative estimate of drug-likeness (QED) is 0.806.